The molecule has 0 radical (unpaired) electrons. The lowest BCUT2D eigenvalue weighted by Gasteiger charge is -2.58. The molecule has 10 atom stereocenters. The molecule has 4 rings (SSSR count). The number of hydrogen-bond acceptors (Lipinski definition) is 6. The number of aliphatic carboxylic acids is 1. The zero-order valence-corrected chi connectivity index (χ0v) is 23.8. The van der Waals surface area contributed by atoms with Gasteiger partial charge in [0.1, 0.15) is 12.2 Å². The Labute approximate surface area is 228 Å². The minimum Gasteiger partial charge on any atom is -0.479 e. The molecule has 0 aromatic carbocycles. The summed E-state index contributed by atoms with van der Waals surface area (Å²) in [5.74, 6) is 1.02. The first-order valence-electron chi connectivity index (χ1n) is 15.1. The number of allylic oxidation sites excluding steroid dienone is 1. The number of esters is 1. The number of ether oxygens (including phenoxy) is 1. The van der Waals surface area contributed by atoms with Gasteiger partial charge in [0.15, 0.2) is 12.2 Å². The molecule has 0 bridgehead atoms. The summed E-state index contributed by atoms with van der Waals surface area (Å²) in [7, 11) is 0. The molecule has 0 aromatic heterocycles. The van der Waals surface area contributed by atoms with Gasteiger partial charge in [0.2, 0.25) is 0 Å². The van der Waals surface area contributed by atoms with Crippen molar-refractivity contribution in [2.45, 2.75) is 129 Å². The van der Waals surface area contributed by atoms with Crippen LogP contribution in [0.2, 0.25) is 0 Å². The van der Waals surface area contributed by atoms with Crippen LogP contribution in [0.25, 0.3) is 0 Å². The third kappa shape index (κ3) is 5.57. The van der Waals surface area contributed by atoms with Crippen molar-refractivity contribution >= 4 is 11.9 Å². The summed E-state index contributed by atoms with van der Waals surface area (Å²) in [6, 6.07) is 0. The molecule has 38 heavy (non-hydrogen) atoms. The zero-order chi connectivity index (χ0) is 27.8. The Hall–Kier alpha value is -1.44. The number of carbonyl (C=O) groups is 2. The van der Waals surface area contributed by atoms with Crippen molar-refractivity contribution in [3.8, 4) is 0 Å². The second kappa shape index (κ2) is 11.6. The number of aliphatic hydroxyl groups excluding tert-OH is 3. The van der Waals surface area contributed by atoms with E-state index in [9.17, 15) is 24.9 Å². The number of fused-ring (bicyclic) bond motifs is 5. The van der Waals surface area contributed by atoms with Crippen LogP contribution in [0.15, 0.2) is 11.6 Å². The van der Waals surface area contributed by atoms with Crippen LogP contribution in [0.3, 0.4) is 0 Å². The van der Waals surface area contributed by atoms with Gasteiger partial charge in [-0.3, -0.25) is 0 Å². The standard InChI is InChI=1S/C31H50O7/c1-18(2)7-5-6-8-19-10-12-23-22-11-9-20-17-21(38-29(37)27(34)25(32)26(33)28(35)36)13-15-31(20,4)24(22)14-16-30(19,23)3/h9,18-19,21-27,32-34H,5-8,10-17H2,1-4H3,(H,35,36). The minimum atomic E-state index is -2.25. The Kier molecular flexibility index (Phi) is 9.00. The summed E-state index contributed by atoms with van der Waals surface area (Å²) in [6.07, 6.45) is 9.52. The molecule has 7 nitrogen and oxygen atoms in total. The molecule has 7 heteroatoms. The van der Waals surface area contributed by atoms with Gasteiger partial charge in [-0.25, -0.2) is 9.59 Å². The number of hydrogen-bond donors (Lipinski definition) is 4. The van der Waals surface area contributed by atoms with Crippen molar-refractivity contribution < 1.29 is 34.8 Å². The Balaban J connectivity index is 1.38. The Bertz CT molecular complexity index is 899. The normalized spacial score (nSPS) is 38.8. The minimum absolute atomic E-state index is 0.0974. The summed E-state index contributed by atoms with van der Waals surface area (Å²) in [5.41, 5.74) is 1.90. The highest BCUT2D eigenvalue weighted by atomic mass is 16.6. The predicted octanol–water partition coefficient (Wildman–Crippen LogP) is 4.86. The van der Waals surface area contributed by atoms with E-state index in [0.29, 0.717) is 24.2 Å². The largest absolute Gasteiger partial charge is 0.479 e. The summed E-state index contributed by atoms with van der Waals surface area (Å²) < 4.78 is 5.50. The van der Waals surface area contributed by atoms with E-state index in [1.807, 2.05) is 0 Å². The molecule has 0 aromatic rings. The topological polar surface area (TPSA) is 124 Å². The van der Waals surface area contributed by atoms with Crippen molar-refractivity contribution in [1.82, 2.24) is 0 Å². The molecule has 4 aliphatic rings. The number of aliphatic hydroxyl groups is 3. The first kappa shape index (κ1) is 29.5. The van der Waals surface area contributed by atoms with Gasteiger partial charge in [-0.2, -0.15) is 0 Å². The molecule has 4 aliphatic carbocycles. The molecule has 0 saturated heterocycles. The number of unbranched alkanes of at least 4 members (excludes halogenated alkanes) is 1. The van der Waals surface area contributed by atoms with Gasteiger partial charge in [-0.05, 0) is 91.8 Å². The zero-order valence-electron chi connectivity index (χ0n) is 23.8. The van der Waals surface area contributed by atoms with Crippen LogP contribution in [0.4, 0.5) is 0 Å². The van der Waals surface area contributed by atoms with Crippen LogP contribution < -0.4 is 0 Å². The van der Waals surface area contributed by atoms with E-state index in [1.165, 1.54) is 56.9 Å². The molecule has 216 valence electrons. The first-order valence-corrected chi connectivity index (χ1v) is 15.1. The number of rotatable bonds is 10. The summed E-state index contributed by atoms with van der Waals surface area (Å²) in [6.45, 7) is 9.63. The highest BCUT2D eigenvalue weighted by Crippen LogP contribution is 2.66. The van der Waals surface area contributed by atoms with Crippen molar-refractivity contribution in [1.29, 1.82) is 0 Å². The molecule has 3 saturated carbocycles. The second-order valence-corrected chi connectivity index (χ2v) is 13.8. The Morgan fingerprint density at radius 1 is 1.00 bits per heavy atom. The molecule has 4 N–H and O–H groups in total. The van der Waals surface area contributed by atoms with Crippen LogP contribution >= 0.6 is 0 Å². The third-order valence-electron chi connectivity index (χ3n) is 11.3. The van der Waals surface area contributed by atoms with Gasteiger partial charge in [0.25, 0.3) is 0 Å². The molecule has 0 spiro atoms. The lowest BCUT2D eigenvalue weighted by Crippen LogP contribution is -2.51. The predicted molar refractivity (Wildman–Crippen MR) is 144 cm³/mol. The van der Waals surface area contributed by atoms with Crippen molar-refractivity contribution in [2.24, 2.45) is 40.4 Å². The molecule has 10 unspecified atom stereocenters. The number of carbonyl (C=O) groups excluding carboxylic acids is 1. The molecule has 3 fully saturated rings. The van der Waals surface area contributed by atoms with E-state index in [4.69, 9.17) is 9.84 Å². The third-order valence-corrected chi connectivity index (χ3v) is 11.3. The smallest absolute Gasteiger partial charge is 0.338 e. The molecular weight excluding hydrogens is 484 g/mol. The van der Waals surface area contributed by atoms with Crippen LogP contribution in [0, 0.1) is 40.4 Å². The molecule has 0 aliphatic heterocycles. The fraction of sp³-hybridized carbons (Fsp3) is 0.871. The summed E-state index contributed by atoms with van der Waals surface area (Å²) in [5, 5.41) is 38.1. The lowest BCUT2D eigenvalue weighted by atomic mass is 9.47. The van der Waals surface area contributed by atoms with Crippen LogP contribution in [0.5, 0.6) is 0 Å². The SMILES string of the molecule is CC(C)CCCCC1CCC2C3CC=C4CC(OC(=O)C(O)C(O)C(O)C(=O)O)CCC4(C)C3CCC12C. The van der Waals surface area contributed by atoms with Crippen LogP contribution in [-0.2, 0) is 14.3 Å². The highest BCUT2D eigenvalue weighted by Gasteiger charge is 2.58. The van der Waals surface area contributed by atoms with E-state index < -0.39 is 36.4 Å². The van der Waals surface area contributed by atoms with Crippen LogP contribution in [-0.4, -0.2) is 56.8 Å². The van der Waals surface area contributed by atoms with Gasteiger partial charge in [0.05, 0.1) is 0 Å². The van der Waals surface area contributed by atoms with Gasteiger partial charge >= 0.3 is 11.9 Å². The van der Waals surface area contributed by atoms with Gasteiger partial charge in [-0.1, -0.05) is 58.6 Å². The lowest BCUT2D eigenvalue weighted by molar-refractivity contribution is -0.176. The quantitative estimate of drug-likeness (QED) is 0.179. The van der Waals surface area contributed by atoms with E-state index >= 15 is 0 Å². The average Bonchev–Trinajstić information content (AvgIpc) is 3.21. The fourth-order valence-electron chi connectivity index (χ4n) is 8.95. The van der Waals surface area contributed by atoms with E-state index in [-0.39, 0.29) is 5.41 Å². The maximum absolute atomic E-state index is 12.4. The number of carboxylic acids is 1. The van der Waals surface area contributed by atoms with E-state index in [2.05, 4.69) is 33.8 Å². The highest BCUT2D eigenvalue weighted by molar-refractivity contribution is 5.79. The van der Waals surface area contributed by atoms with Crippen molar-refractivity contribution in [3.63, 3.8) is 0 Å². The van der Waals surface area contributed by atoms with Crippen molar-refractivity contribution in [3.05, 3.63) is 11.6 Å². The van der Waals surface area contributed by atoms with Crippen LogP contribution in [0.1, 0.15) is 105 Å². The Morgan fingerprint density at radius 3 is 2.42 bits per heavy atom. The van der Waals surface area contributed by atoms with Gasteiger partial charge in [0, 0.05) is 6.42 Å². The maximum Gasteiger partial charge on any atom is 0.338 e. The summed E-state index contributed by atoms with van der Waals surface area (Å²) >= 11 is 0. The molecule has 0 amide bonds. The van der Waals surface area contributed by atoms with E-state index in [1.54, 1.807) is 0 Å². The molecule has 0 heterocycles. The Morgan fingerprint density at radius 2 is 1.74 bits per heavy atom. The van der Waals surface area contributed by atoms with E-state index in [0.717, 1.165) is 36.5 Å². The monoisotopic (exact) mass is 534 g/mol. The summed E-state index contributed by atoms with van der Waals surface area (Å²) in [4.78, 5) is 23.3. The van der Waals surface area contributed by atoms with Gasteiger partial charge < -0.3 is 25.2 Å². The van der Waals surface area contributed by atoms with Crippen molar-refractivity contribution in [2.75, 3.05) is 0 Å². The second-order valence-electron chi connectivity index (χ2n) is 13.8. The fourth-order valence-corrected chi connectivity index (χ4v) is 8.95. The molecular formula is C31H50O7. The van der Waals surface area contributed by atoms with Gasteiger partial charge in [-0.15, -0.1) is 0 Å². The first-order chi connectivity index (χ1) is 17.9. The number of carboxylic acid groups (broad SMARTS) is 1. The maximum atomic E-state index is 12.4. The average molecular weight is 535 g/mol.